The van der Waals surface area contributed by atoms with E-state index in [9.17, 15) is 24.0 Å². The molecule has 3 heterocycles. The monoisotopic (exact) mass is 714 g/mol. The van der Waals surface area contributed by atoms with E-state index < -0.39 is 35.5 Å². The van der Waals surface area contributed by atoms with E-state index >= 15 is 0 Å². The fraction of sp³-hybridized carbons (Fsp3) is 0.564. The van der Waals surface area contributed by atoms with Crippen molar-refractivity contribution in [3.63, 3.8) is 0 Å². The number of fused-ring (bicyclic) bond motifs is 3. The van der Waals surface area contributed by atoms with Crippen LogP contribution in [0.25, 0.3) is 0 Å². The maximum Gasteiger partial charge on any atom is 0.246 e. The molecule has 272 valence electrons. The zero-order valence-corrected chi connectivity index (χ0v) is 30.8. The minimum Gasteiger partial charge on any atom is -0.347 e. The SMILES string of the molecule is CN[C@@H](C)C(=O)N[C@H]1CCS[C@H]2CC(C)(C)[C@@H](C(=O)N[C@H]3c4ccccc4C[C@H]3C(=O)N3CCN(C(=O)C4Cc5ccccc5C4)CC3)N2C1=O. The van der Waals surface area contributed by atoms with Gasteiger partial charge in [0.15, 0.2) is 0 Å². The molecule has 0 bridgehead atoms. The molecule has 7 rings (SSSR count). The third-order valence-corrected chi connectivity index (χ3v) is 13.1. The highest BCUT2D eigenvalue weighted by Crippen LogP contribution is 2.47. The van der Waals surface area contributed by atoms with Crippen LogP contribution in [0.1, 0.15) is 61.9 Å². The standard InChI is InChI=1S/C39H50N6O5S/c1-23(40-4)34(46)41-30-13-18-51-31-22-39(2,3)33(45(31)38(30)50)35(47)42-32-28-12-8-7-11-26(28)21-29(32)37(49)44-16-14-43(15-17-44)36(48)27-19-24-9-5-6-10-25(24)20-27/h5-12,23,27,29-33,40H,13-22H2,1-4H3,(H,41,46)(H,42,47)/t23-,29+,30-,31-,32-,33+/m0/s1. The topological polar surface area (TPSA) is 131 Å². The predicted molar refractivity (Wildman–Crippen MR) is 195 cm³/mol. The molecule has 2 aliphatic carbocycles. The molecule has 3 aliphatic heterocycles. The highest BCUT2D eigenvalue weighted by Gasteiger charge is 2.55. The Morgan fingerprint density at radius 1 is 0.843 bits per heavy atom. The summed E-state index contributed by atoms with van der Waals surface area (Å²) in [6.45, 7) is 7.67. The van der Waals surface area contributed by atoms with Gasteiger partial charge >= 0.3 is 0 Å². The van der Waals surface area contributed by atoms with E-state index in [1.807, 2.05) is 60.0 Å². The van der Waals surface area contributed by atoms with Crippen molar-refractivity contribution in [1.29, 1.82) is 0 Å². The second-order valence-corrected chi connectivity index (χ2v) is 16.8. The van der Waals surface area contributed by atoms with Gasteiger partial charge in [0.05, 0.1) is 23.4 Å². The Kier molecular flexibility index (Phi) is 9.92. The van der Waals surface area contributed by atoms with Crippen LogP contribution in [0.2, 0.25) is 0 Å². The largest absolute Gasteiger partial charge is 0.347 e. The normalized spacial score (nSPS) is 27.6. The second-order valence-electron chi connectivity index (χ2n) is 15.5. The number of carbonyl (C=O) groups is 5. The molecule has 0 spiro atoms. The number of hydrogen-bond donors (Lipinski definition) is 3. The number of amides is 5. The van der Waals surface area contributed by atoms with Gasteiger partial charge < -0.3 is 30.7 Å². The van der Waals surface area contributed by atoms with Gasteiger partial charge in [-0.3, -0.25) is 24.0 Å². The molecular weight excluding hydrogens is 665 g/mol. The molecule has 11 nitrogen and oxygen atoms in total. The van der Waals surface area contributed by atoms with Gasteiger partial charge in [-0.15, -0.1) is 11.8 Å². The van der Waals surface area contributed by atoms with E-state index in [1.54, 1.807) is 30.6 Å². The Balaban J connectivity index is 1.05. The van der Waals surface area contributed by atoms with Crippen LogP contribution in [0.4, 0.5) is 0 Å². The highest BCUT2D eigenvalue weighted by molar-refractivity contribution is 7.99. The summed E-state index contributed by atoms with van der Waals surface area (Å²) in [4.78, 5) is 74.7. The van der Waals surface area contributed by atoms with Crippen LogP contribution >= 0.6 is 11.8 Å². The summed E-state index contributed by atoms with van der Waals surface area (Å²) in [6.07, 6.45) is 3.18. The van der Waals surface area contributed by atoms with Crippen LogP contribution in [0.3, 0.4) is 0 Å². The van der Waals surface area contributed by atoms with Crippen LogP contribution in [-0.4, -0.2) is 107 Å². The fourth-order valence-electron chi connectivity index (χ4n) is 8.89. The Hall–Kier alpha value is -3.90. The maximum absolute atomic E-state index is 14.5. The van der Waals surface area contributed by atoms with Crippen molar-refractivity contribution in [2.45, 2.75) is 82.4 Å². The summed E-state index contributed by atoms with van der Waals surface area (Å²) >= 11 is 1.66. The Morgan fingerprint density at radius 2 is 1.45 bits per heavy atom. The van der Waals surface area contributed by atoms with E-state index in [0.717, 1.165) is 24.0 Å². The van der Waals surface area contributed by atoms with Crippen LogP contribution < -0.4 is 16.0 Å². The molecule has 0 unspecified atom stereocenters. The summed E-state index contributed by atoms with van der Waals surface area (Å²) in [5, 5.41) is 8.94. The zero-order chi connectivity index (χ0) is 36.0. The van der Waals surface area contributed by atoms with Crippen molar-refractivity contribution in [2.75, 3.05) is 39.0 Å². The number of benzene rings is 2. The number of rotatable bonds is 7. The van der Waals surface area contributed by atoms with Crippen LogP contribution in [0, 0.1) is 17.3 Å². The lowest BCUT2D eigenvalue weighted by molar-refractivity contribution is -0.146. The molecule has 0 radical (unpaired) electrons. The summed E-state index contributed by atoms with van der Waals surface area (Å²) < 4.78 is 0. The molecule has 12 heteroatoms. The number of carbonyl (C=O) groups excluding carboxylic acids is 5. The van der Waals surface area contributed by atoms with Crippen molar-refractivity contribution in [1.82, 2.24) is 30.7 Å². The van der Waals surface area contributed by atoms with E-state index in [2.05, 4.69) is 28.1 Å². The first-order valence-electron chi connectivity index (χ1n) is 18.4. The van der Waals surface area contributed by atoms with E-state index in [4.69, 9.17) is 0 Å². The number of thioether (sulfide) groups is 1. The highest BCUT2D eigenvalue weighted by atomic mass is 32.2. The number of likely N-dealkylation sites (N-methyl/N-ethyl adjacent to an activating group) is 1. The summed E-state index contributed by atoms with van der Waals surface area (Å²) in [6, 6.07) is 13.7. The molecule has 3 saturated heterocycles. The van der Waals surface area contributed by atoms with Crippen molar-refractivity contribution < 1.29 is 24.0 Å². The molecule has 0 aromatic heterocycles. The first kappa shape index (κ1) is 35.5. The smallest absolute Gasteiger partial charge is 0.246 e. The molecule has 2 aromatic carbocycles. The lowest BCUT2D eigenvalue weighted by atomic mass is 9.83. The lowest BCUT2D eigenvalue weighted by Gasteiger charge is -2.38. The minimum absolute atomic E-state index is 0.0248. The molecule has 51 heavy (non-hydrogen) atoms. The third kappa shape index (κ3) is 6.77. The molecule has 3 N–H and O–H groups in total. The number of nitrogens with one attached hydrogen (secondary N) is 3. The first-order chi connectivity index (χ1) is 24.5. The molecule has 5 aliphatic rings. The van der Waals surface area contributed by atoms with Crippen LogP contribution in [-0.2, 0) is 43.2 Å². The van der Waals surface area contributed by atoms with Crippen LogP contribution in [0.15, 0.2) is 48.5 Å². The fourth-order valence-corrected chi connectivity index (χ4v) is 10.5. The number of nitrogens with zero attached hydrogens (tertiary/aromatic N) is 3. The molecule has 6 atom stereocenters. The van der Waals surface area contributed by atoms with E-state index in [0.29, 0.717) is 51.2 Å². The quantitative estimate of drug-likeness (QED) is 0.402. The summed E-state index contributed by atoms with van der Waals surface area (Å²) in [5.74, 6) is -0.488. The van der Waals surface area contributed by atoms with E-state index in [-0.39, 0.29) is 40.8 Å². The van der Waals surface area contributed by atoms with Crippen molar-refractivity contribution in [3.8, 4) is 0 Å². The van der Waals surface area contributed by atoms with Gasteiger partial charge in [0, 0.05) is 32.1 Å². The summed E-state index contributed by atoms with van der Waals surface area (Å²) in [5.41, 5.74) is 3.93. The average molecular weight is 715 g/mol. The second kappa shape index (κ2) is 14.3. The molecular formula is C39H50N6O5S. The number of piperazine rings is 1. The van der Waals surface area contributed by atoms with Gasteiger partial charge in [-0.25, -0.2) is 0 Å². The van der Waals surface area contributed by atoms with Gasteiger partial charge in [-0.2, -0.15) is 0 Å². The molecule has 0 saturated carbocycles. The van der Waals surface area contributed by atoms with Gasteiger partial charge in [-0.1, -0.05) is 62.4 Å². The van der Waals surface area contributed by atoms with Crippen molar-refractivity contribution in [2.24, 2.45) is 17.3 Å². The average Bonchev–Trinajstić information content (AvgIpc) is 3.78. The lowest BCUT2D eigenvalue weighted by Crippen LogP contribution is -2.58. The molecule has 5 amide bonds. The Bertz CT molecular complexity index is 1680. The van der Waals surface area contributed by atoms with Crippen molar-refractivity contribution in [3.05, 3.63) is 70.8 Å². The Morgan fingerprint density at radius 3 is 2.10 bits per heavy atom. The van der Waals surface area contributed by atoms with Crippen LogP contribution in [0.5, 0.6) is 0 Å². The Labute approximate surface area is 304 Å². The third-order valence-electron chi connectivity index (χ3n) is 11.8. The van der Waals surface area contributed by atoms with Gasteiger partial charge in [0.1, 0.15) is 12.1 Å². The van der Waals surface area contributed by atoms with Gasteiger partial charge in [-0.05, 0) is 79.5 Å². The maximum atomic E-state index is 14.5. The molecule has 3 fully saturated rings. The molecule has 2 aromatic rings. The van der Waals surface area contributed by atoms with Gasteiger partial charge in [0.25, 0.3) is 0 Å². The zero-order valence-electron chi connectivity index (χ0n) is 30.0. The predicted octanol–water partition coefficient (Wildman–Crippen LogP) is 2.28. The van der Waals surface area contributed by atoms with Crippen molar-refractivity contribution >= 4 is 41.3 Å². The van der Waals surface area contributed by atoms with E-state index in [1.165, 1.54) is 11.1 Å². The summed E-state index contributed by atoms with van der Waals surface area (Å²) in [7, 11) is 1.70. The first-order valence-corrected chi connectivity index (χ1v) is 19.5. The van der Waals surface area contributed by atoms with Gasteiger partial charge in [0.2, 0.25) is 29.5 Å². The minimum atomic E-state index is -0.762. The number of hydrogen-bond acceptors (Lipinski definition) is 7.